The molecule has 3 atom stereocenters. The van der Waals surface area contributed by atoms with Crippen molar-refractivity contribution in [2.75, 3.05) is 19.6 Å². The molecule has 1 saturated heterocycles. The smallest absolute Gasteiger partial charge is 0.274 e. The SMILES string of the molecule is Cc1nn(C[C@H](O)CN2C[C@@H](C)O[C@H](C)C2)c(=O)c2ccccc12. The molecule has 130 valence electrons. The van der Waals surface area contributed by atoms with Crippen LogP contribution in [0.3, 0.4) is 0 Å². The summed E-state index contributed by atoms with van der Waals surface area (Å²) in [6.45, 7) is 8.25. The first-order chi connectivity index (χ1) is 11.4. The Balaban J connectivity index is 1.75. The zero-order valence-corrected chi connectivity index (χ0v) is 14.5. The van der Waals surface area contributed by atoms with Crippen molar-refractivity contribution >= 4 is 10.8 Å². The summed E-state index contributed by atoms with van der Waals surface area (Å²) in [6, 6.07) is 7.45. The van der Waals surface area contributed by atoms with Gasteiger partial charge in [-0.05, 0) is 26.8 Å². The van der Waals surface area contributed by atoms with Crippen LogP contribution in [0, 0.1) is 6.92 Å². The van der Waals surface area contributed by atoms with E-state index in [1.807, 2.05) is 39.0 Å². The second-order valence-corrected chi connectivity index (χ2v) is 6.75. The maximum absolute atomic E-state index is 12.6. The summed E-state index contributed by atoms with van der Waals surface area (Å²) < 4.78 is 7.09. The van der Waals surface area contributed by atoms with Gasteiger partial charge >= 0.3 is 0 Å². The number of nitrogens with zero attached hydrogens (tertiary/aromatic N) is 3. The molecule has 1 aromatic carbocycles. The quantitative estimate of drug-likeness (QED) is 0.911. The number of benzene rings is 1. The van der Waals surface area contributed by atoms with E-state index in [-0.39, 0.29) is 24.3 Å². The number of morpholine rings is 1. The maximum atomic E-state index is 12.6. The predicted molar refractivity (Wildman–Crippen MR) is 93.2 cm³/mol. The van der Waals surface area contributed by atoms with E-state index in [0.717, 1.165) is 24.2 Å². The van der Waals surface area contributed by atoms with Crippen molar-refractivity contribution in [3.05, 3.63) is 40.3 Å². The molecule has 0 unspecified atom stereocenters. The molecule has 3 rings (SSSR count). The number of fused-ring (bicyclic) bond motifs is 1. The standard InChI is InChI=1S/C18H25N3O3/c1-12-8-20(9-13(2)24-12)10-15(22)11-21-18(23)17-7-5-4-6-16(17)14(3)19-21/h4-7,12-13,15,22H,8-11H2,1-3H3/t12-,13-,15-/m1/s1. The molecule has 0 spiro atoms. The molecule has 0 radical (unpaired) electrons. The van der Waals surface area contributed by atoms with Gasteiger partial charge in [-0.2, -0.15) is 5.10 Å². The van der Waals surface area contributed by atoms with Crippen molar-refractivity contribution in [2.45, 2.75) is 45.6 Å². The summed E-state index contributed by atoms with van der Waals surface area (Å²) in [5.41, 5.74) is 0.644. The minimum absolute atomic E-state index is 0.154. The Labute approximate surface area is 141 Å². The fourth-order valence-electron chi connectivity index (χ4n) is 3.52. The Morgan fingerprint density at radius 3 is 2.50 bits per heavy atom. The zero-order chi connectivity index (χ0) is 17.3. The van der Waals surface area contributed by atoms with Gasteiger partial charge in [-0.25, -0.2) is 4.68 Å². The van der Waals surface area contributed by atoms with E-state index in [0.29, 0.717) is 11.9 Å². The lowest BCUT2D eigenvalue weighted by molar-refractivity contribution is -0.0774. The first-order valence-corrected chi connectivity index (χ1v) is 8.46. The highest BCUT2D eigenvalue weighted by molar-refractivity contribution is 5.83. The first kappa shape index (κ1) is 17.1. The van der Waals surface area contributed by atoms with E-state index in [9.17, 15) is 9.90 Å². The number of hydrogen-bond acceptors (Lipinski definition) is 5. The van der Waals surface area contributed by atoms with E-state index in [1.165, 1.54) is 4.68 Å². The van der Waals surface area contributed by atoms with Crippen molar-refractivity contribution in [3.63, 3.8) is 0 Å². The van der Waals surface area contributed by atoms with Gasteiger partial charge in [0.15, 0.2) is 0 Å². The summed E-state index contributed by atoms with van der Waals surface area (Å²) in [4.78, 5) is 14.8. The molecule has 1 aromatic heterocycles. The third-order valence-corrected chi connectivity index (χ3v) is 4.40. The molecule has 1 aliphatic rings. The molecule has 6 nitrogen and oxygen atoms in total. The lowest BCUT2D eigenvalue weighted by Gasteiger charge is -2.36. The molecule has 24 heavy (non-hydrogen) atoms. The zero-order valence-electron chi connectivity index (χ0n) is 14.5. The van der Waals surface area contributed by atoms with Crippen LogP contribution in [0.25, 0.3) is 10.8 Å². The third kappa shape index (κ3) is 3.66. The average Bonchev–Trinajstić information content (AvgIpc) is 2.51. The molecule has 0 saturated carbocycles. The molecule has 2 aromatic rings. The Bertz CT molecular complexity index is 764. The van der Waals surface area contributed by atoms with Crippen LogP contribution in [0.1, 0.15) is 19.5 Å². The number of aryl methyl sites for hydroxylation is 1. The minimum Gasteiger partial charge on any atom is -0.390 e. The van der Waals surface area contributed by atoms with Gasteiger partial charge in [-0.1, -0.05) is 18.2 Å². The monoisotopic (exact) mass is 331 g/mol. The predicted octanol–water partition coefficient (Wildman–Crippen LogP) is 1.18. The Morgan fingerprint density at radius 2 is 1.83 bits per heavy atom. The van der Waals surface area contributed by atoms with E-state index in [1.54, 1.807) is 6.07 Å². The highest BCUT2D eigenvalue weighted by Crippen LogP contribution is 2.13. The number of hydrogen-bond donors (Lipinski definition) is 1. The van der Waals surface area contributed by atoms with Crippen LogP contribution in [0.15, 0.2) is 29.1 Å². The highest BCUT2D eigenvalue weighted by atomic mass is 16.5. The Kier molecular flexibility index (Phi) is 4.99. The maximum Gasteiger partial charge on any atom is 0.274 e. The van der Waals surface area contributed by atoms with Crippen LogP contribution in [0.4, 0.5) is 0 Å². The molecule has 1 aliphatic heterocycles. The first-order valence-electron chi connectivity index (χ1n) is 8.46. The van der Waals surface area contributed by atoms with Crippen LogP contribution < -0.4 is 5.56 Å². The average molecular weight is 331 g/mol. The van der Waals surface area contributed by atoms with Gasteiger partial charge in [-0.3, -0.25) is 9.69 Å². The second kappa shape index (κ2) is 7.01. The fraction of sp³-hybridized carbons (Fsp3) is 0.556. The van der Waals surface area contributed by atoms with Crippen LogP contribution >= 0.6 is 0 Å². The summed E-state index contributed by atoms with van der Waals surface area (Å²) in [6.07, 6.45) is -0.331. The summed E-state index contributed by atoms with van der Waals surface area (Å²) in [5.74, 6) is 0. The fourth-order valence-corrected chi connectivity index (χ4v) is 3.52. The molecule has 6 heteroatoms. The van der Waals surface area contributed by atoms with Crippen molar-refractivity contribution < 1.29 is 9.84 Å². The number of aliphatic hydroxyl groups is 1. The summed E-state index contributed by atoms with van der Waals surface area (Å²) in [7, 11) is 0. The molecular weight excluding hydrogens is 306 g/mol. The van der Waals surface area contributed by atoms with Gasteiger partial charge < -0.3 is 9.84 Å². The molecule has 2 heterocycles. The van der Waals surface area contributed by atoms with E-state index < -0.39 is 6.10 Å². The molecule has 0 bridgehead atoms. The highest BCUT2D eigenvalue weighted by Gasteiger charge is 2.24. The molecular formula is C18H25N3O3. The lowest BCUT2D eigenvalue weighted by Crippen LogP contribution is -2.49. The van der Waals surface area contributed by atoms with Gasteiger partial charge in [0.1, 0.15) is 0 Å². The minimum atomic E-state index is -0.645. The van der Waals surface area contributed by atoms with Crippen molar-refractivity contribution in [3.8, 4) is 0 Å². The van der Waals surface area contributed by atoms with Crippen LogP contribution in [0.2, 0.25) is 0 Å². The lowest BCUT2D eigenvalue weighted by atomic mass is 10.1. The molecule has 1 N–H and O–H groups in total. The summed E-state index contributed by atoms with van der Waals surface area (Å²) in [5, 5.41) is 16.3. The number of β-amino-alcohol motifs (C(OH)–C–C–N with tert-alkyl or cyclic N) is 1. The Hall–Kier alpha value is -1.76. The summed E-state index contributed by atoms with van der Waals surface area (Å²) >= 11 is 0. The van der Waals surface area contributed by atoms with Crippen LogP contribution in [0.5, 0.6) is 0 Å². The normalized spacial score (nSPS) is 23.5. The second-order valence-electron chi connectivity index (χ2n) is 6.75. The van der Waals surface area contributed by atoms with E-state index in [2.05, 4.69) is 10.00 Å². The number of rotatable bonds is 4. The Morgan fingerprint density at radius 1 is 1.21 bits per heavy atom. The van der Waals surface area contributed by atoms with E-state index in [4.69, 9.17) is 4.74 Å². The molecule has 0 amide bonds. The third-order valence-electron chi connectivity index (χ3n) is 4.40. The van der Waals surface area contributed by atoms with Gasteiger partial charge in [0.05, 0.1) is 35.9 Å². The molecule has 0 aliphatic carbocycles. The van der Waals surface area contributed by atoms with Gasteiger partial charge in [-0.15, -0.1) is 0 Å². The number of ether oxygens (including phenoxy) is 1. The van der Waals surface area contributed by atoms with Crippen LogP contribution in [-0.4, -0.2) is 57.7 Å². The van der Waals surface area contributed by atoms with Crippen molar-refractivity contribution in [1.29, 1.82) is 0 Å². The molecule has 1 fully saturated rings. The number of aliphatic hydroxyl groups excluding tert-OH is 1. The van der Waals surface area contributed by atoms with Gasteiger partial charge in [0.2, 0.25) is 0 Å². The van der Waals surface area contributed by atoms with Gasteiger partial charge in [0, 0.05) is 25.0 Å². The van der Waals surface area contributed by atoms with Crippen molar-refractivity contribution in [2.24, 2.45) is 0 Å². The topological polar surface area (TPSA) is 67.6 Å². The van der Waals surface area contributed by atoms with E-state index >= 15 is 0 Å². The number of aromatic nitrogens is 2. The van der Waals surface area contributed by atoms with Crippen LogP contribution in [-0.2, 0) is 11.3 Å². The van der Waals surface area contributed by atoms with Crippen molar-refractivity contribution in [1.82, 2.24) is 14.7 Å². The van der Waals surface area contributed by atoms with Gasteiger partial charge in [0.25, 0.3) is 5.56 Å². The largest absolute Gasteiger partial charge is 0.390 e.